The summed E-state index contributed by atoms with van der Waals surface area (Å²) < 4.78 is 0. The van der Waals surface area contributed by atoms with Crippen molar-refractivity contribution in [1.82, 2.24) is 4.90 Å². The maximum Gasteiger partial charge on any atom is 0.240 e. The highest BCUT2D eigenvalue weighted by atomic mass is 32.2. The van der Waals surface area contributed by atoms with E-state index >= 15 is 0 Å². The molecular weight excluding hydrogens is 246 g/mol. The Bertz CT molecular complexity index is 477. The molecule has 1 unspecified atom stereocenters. The van der Waals surface area contributed by atoms with Crippen LogP contribution >= 0.6 is 11.8 Å². The summed E-state index contributed by atoms with van der Waals surface area (Å²) in [5.41, 5.74) is 7.47. The summed E-state index contributed by atoms with van der Waals surface area (Å²) in [6, 6.07) is 8.81. The molecule has 4 nitrogen and oxygen atoms in total. The zero-order valence-electron chi connectivity index (χ0n) is 10.0. The van der Waals surface area contributed by atoms with Gasteiger partial charge in [-0.05, 0) is 24.1 Å². The molecule has 1 fully saturated rings. The van der Waals surface area contributed by atoms with Crippen LogP contribution in [-0.4, -0.2) is 35.0 Å². The number of rotatable bonds is 3. The molecule has 1 aromatic rings. The molecule has 5 heteroatoms. The first-order chi connectivity index (χ1) is 8.70. The van der Waals surface area contributed by atoms with Gasteiger partial charge in [-0.25, -0.2) is 0 Å². The van der Waals surface area contributed by atoms with Crippen LogP contribution in [0.15, 0.2) is 24.3 Å². The highest BCUT2D eigenvalue weighted by molar-refractivity contribution is 7.99. The predicted octanol–water partition coefficient (Wildman–Crippen LogP) is 0.961. The summed E-state index contributed by atoms with van der Waals surface area (Å²) in [5, 5.41) is 8.82. The molecule has 2 rings (SSSR count). The second-order valence-electron chi connectivity index (χ2n) is 4.26. The molecule has 1 amide bonds. The van der Waals surface area contributed by atoms with Gasteiger partial charge in [-0.3, -0.25) is 4.79 Å². The molecular formula is C13H15N3OS. The SMILES string of the molecule is N#Cc1cccc(CC(N)C(=O)N2CCSC2)c1. The topological polar surface area (TPSA) is 70.1 Å². The lowest BCUT2D eigenvalue weighted by Gasteiger charge is -2.19. The summed E-state index contributed by atoms with van der Waals surface area (Å²) in [7, 11) is 0. The number of carbonyl (C=O) groups is 1. The molecule has 1 aliphatic rings. The number of nitrogens with zero attached hydrogens (tertiary/aromatic N) is 2. The van der Waals surface area contributed by atoms with E-state index in [0.29, 0.717) is 12.0 Å². The molecule has 94 valence electrons. The van der Waals surface area contributed by atoms with E-state index in [1.165, 1.54) is 0 Å². The van der Waals surface area contributed by atoms with Crippen molar-refractivity contribution < 1.29 is 4.79 Å². The summed E-state index contributed by atoms with van der Waals surface area (Å²) >= 11 is 1.75. The normalized spacial score (nSPS) is 16.3. The van der Waals surface area contributed by atoms with Gasteiger partial charge >= 0.3 is 0 Å². The smallest absolute Gasteiger partial charge is 0.240 e. The highest BCUT2D eigenvalue weighted by Gasteiger charge is 2.23. The van der Waals surface area contributed by atoms with Gasteiger partial charge < -0.3 is 10.6 Å². The molecule has 1 heterocycles. The molecule has 1 saturated heterocycles. The van der Waals surface area contributed by atoms with Crippen LogP contribution in [0.2, 0.25) is 0 Å². The Balaban J connectivity index is 1.99. The maximum atomic E-state index is 12.0. The molecule has 0 radical (unpaired) electrons. The number of thioether (sulfide) groups is 1. The van der Waals surface area contributed by atoms with Crippen LogP contribution in [-0.2, 0) is 11.2 Å². The largest absolute Gasteiger partial charge is 0.331 e. The van der Waals surface area contributed by atoms with E-state index in [1.54, 1.807) is 28.8 Å². The molecule has 0 bridgehead atoms. The first kappa shape index (κ1) is 12.9. The molecule has 18 heavy (non-hydrogen) atoms. The van der Waals surface area contributed by atoms with Gasteiger partial charge in [0.25, 0.3) is 0 Å². The molecule has 1 atom stereocenters. The van der Waals surface area contributed by atoms with Crippen molar-refractivity contribution in [3.05, 3.63) is 35.4 Å². The molecule has 0 spiro atoms. The van der Waals surface area contributed by atoms with Crippen molar-refractivity contribution in [3.8, 4) is 6.07 Å². The number of nitriles is 1. The standard InChI is InChI=1S/C13H15N3OS/c14-8-11-3-1-2-10(6-11)7-12(15)13(17)16-4-5-18-9-16/h1-3,6,12H,4-5,7,9,15H2. The monoisotopic (exact) mass is 261 g/mol. The van der Waals surface area contributed by atoms with E-state index in [-0.39, 0.29) is 5.91 Å². The third-order valence-electron chi connectivity index (χ3n) is 2.89. The number of carbonyl (C=O) groups excluding carboxylic acids is 1. The lowest BCUT2D eigenvalue weighted by atomic mass is 10.0. The third kappa shape index (κ3) is 3.03. The van der Waals surface area contributed by atoms with Crippen LogP contribution in [0.3, 0.4) is 0 Å². The van der Waals surface area contributed by atoms with Gasteiger partial charge in [0.15, 0.2) is 0 Å². The van der Waals surface area contributed by atoms with E-state index in [2.05, 4.69) is 6.07 Å². The first-order valence-electron chi connectivity index (χ1n) is 5.82. The van der Waals surface area contributed by atoms with E-state index in [4.69, 9.17) is 11.0 Å². The number of hydrogen-bond donors (Lipinski definition) is 1. The van der Waals surface area contributed by atoms with Gasteiger partial charge in [0.2, 0.25) is 5.91 Å². The Morgan fingerprint density at radius 1 is 1.61 bits per heavy atom. The van der Waals surface area contributed by atoms with Crippen LogP contribution in [0.4, 0.5) is 0 Å². The van der Waals surface area contributed by atoms with Gasteiger partial charge in [-0.1, -0.05) is 12.1 Å². The zero-order valence-corrected chi connectivity index (χ0v) is 10.8. The van der Waals surface area contributed by atoms with E-state index in [1.807, 2.05) is 12.1 Å². The molecule has 2 N–H and O–H groups in total. The average molecular weight is 261 g/mol. The first-order valence-corrected chi connectivity index (χ1v) is 6.97. The fraction of sp³-hybridized carbons (Fsp3) is 0.385. The quantitative estimate of drug-likeness (QED) is 0.880. The fourth-order valence-electron chi connectivity index (χ4n) is 1.93. The second kappa shape index (κ2) is 5.89. The molecule has 0 aliphatic carbocycles. The summed E-state index contributed by atoms with van der Waals surface area (Å²) in [4.78, 5) is 13.8. The van der Waals surface area contributed by atoms with Crippen molar-refractivity contribution >= 4 is 17.7 Å². The van der Waals surface area contributed by atoms with Crippen LogP contribution in [0.1, 0.15) is 11.1 Å². The second-order valence-corrected chi connectivity index (χ2v) is 5.34. The van der Waals surface area contributed by atoms with Gasteiger partial charge in [0.05, 0.1) is 23.6 Å². The van der Waals surface area contributed by atoms with E-state index in [9.17, 15) is 4.79 Å². The van der Waals surface area contributed by atoms with Crippen LogP contribution in [0.25, 0.3) is 0 Å². The van der Waals surface area contributed by atoms with Crippen molar-refractivity contribution in [3.63, 3.8) is 0 Å². The third-order valence-corrected chi connectivity index (χ3v) is 3.86. The van der Waals surface area contributed by atoms with E-state index < -0.39 is 6.04 Å². The minimum Gasteiger partial charge on any atom is -0.331 e. The molecule has 1 aliphatic heterocycles. The summed E-state index contributed by atoms with van der Waals surface area (Å²) in [6.45, 7) is 0.787. The highest BCUT2D eigenvalue weighted by Crippen LogP contribution is 2.15. The lowest BCUT2D eigenvalue weighted by Crippen LogP contribution is -2.43. The Morgan fingerprint density at radius 2 is 2.44 bits per heavy atom. The Labute approximate surface area is 111 Å². The molecule has 0 saturated carbocycles. The van der Waals surface area contributed by atoms with Crippen molar-refractivity contribution in [2.24, 2.45) is 5.73 Å². The van der Waals surface area contributed by atoms with Crippen LogP contribution < -0.4 is 5.73 Å². The van der Waals surface area contributed by atoms with Crippen molar-refractivity contribution in [1.29, 1.82) is 5.26 Å². The zero-order chi connectivity index (χ0) is 13.0. The number of hydrogen-bond acceptors (Lipinski definition) is 4. The number of benzene rings is 1. The minimum atomic E-state index is -0.516. The number of nitrogens with two attached hydrogens (primary N) is 1. The number of amides is 1. The summed E-state index contributed by atoms with van der Waals surface area (Å²) in [6.07, 6.45) is 0.482. The van der Waals surface area contributed by atoms with Gasteiger partial charge in [-0.2, -0.15) is 5.26 Å². The minimum absolute atomic E-state index is 0.00219. The predicted molar refractivity (Wildman–Crippen MR) is 71.9 cm³/mol. The van der Waals surface area contributed by atoms with Crippen molar-refractivity contribution in [2.75, 3.05) is 18.2 Å². The van der Waals surface area contributed by atoms with Crippen molar-refractivity contribution in [2.45, 2.75) is 12.5 Å². The lowest BCUT2D eigenvalue weighted by molar-refractivity contribution is -0.131. The van der Waals surface area contributed by atoms with Gasteiger partial charge in [-0.15, -0.1) is 11.8 Å². The van der Waals surface area contributed by atoms with Crippen LogP contribution in [0.5, 0.6) is 0 Å². The average Bonchev–Trinajstić information content (AvgIpc) is 2.92. The Kier molecular flexibility index (Phi) is 4.24. The fourth-order valence-corrected chi connectivity index (χ4v) is 2.89. The summed E-state index contributed by atoms with van der Waals surface area (Å²) in [5.74, 6) is 1.73. The van der Waals surface area contributed by atoms with Crippen LogP contribution in [0, 0.1) is 11.3 Å². The van der Waals surface area contributed by atoms with Gasteiger partial charge in [0, 0.05) is 12.3 Å². The van der Waals surface area contributed by atoms with E-state index in [0.717, 1.165) is 23.7 Å². The van der Waals surface area contributed by atoms with Gasteiger partial charge in [0.1, 0.15) is 0 Å². The Hall–Kier alpha value is -1.51. The molecule has 1 aromatic carbocycles. The maximum absolute atomic E-state index is 12.0. The Morgan fingerprint density at radius 3 is 3.11 bits per heavy atom. The molecule has 0 aromatic heterocycles.